The molecular weight excluding hydrogens is 210 g/mol. The number of nitrogens with zero attached hydrogens (tertiary/aromatic N) is 2. The van der Waals surface area contributed by atoms with Crippen LogP contribution in [-0.4, -0.2) is 17.4 Å². The van der Waals surface area contributed by atoms with E-state index < -0.39 is 5.41 Å². The van der Waals surface area contributed by atoms with E-state index in [4.69, 9.17) is 5.26 Å². The molecule has 5 heteroatoms. The summed E-state index contributed by atoms with van der Waals surface area (Å²) in [7, 11) is 0. The summed E-state index contributed by atoms with van der Waals surface area (Å²) in [5.41, 5.74) is -0.532. The van der Waals surface area contributed by atoms with E-state index in [1.54, 1.807) is 20.0 Å². The van der Waals surface area contributed by atoms with Crippen molar-refractivity contribution in [1.29, 1.82) is 5.26 Å². The Bertz CT molecular complexity index is 403. The van der Waals surface area contributed by atoms with Crippen LogP contribution in [0.4, 0.5) is 0 Å². The highest BCUT2D eigenvalue weighted by Crippen LogP contribution is 2.13. The summed E-state index contributed by atoms with van der Waals surface area (Å²) in [5, 5.41) is 12.3. The molecule has 1 heterocycles. The van der Waals surface area contributed by atoms with Crippen LogP contribution in [0, 0.1) is 23.7 Å². The second-order valence-electron chi connectivity index (χ2n) is 3.92. The Balaban J connectivity index is 2.55. The Labute approximate surface area is 92.9 Å². The molecule has 0 radical (unpaired) electrons. The van der Waals surface area contributed by atoms with Crippen LogP contribution in [0.3, 0.4) is 0 Å². The third-order valence-corrected chi connectivity index (χ3v) is 2.75. The molecule has 80 valence electrons. The number of aryl methyl sites for hydroxylation is 1. The fraction of sp³-hybridized carbons (Fsp3) is 0.500. The zero-order valence-electron chi connectivity index (χ0n) is 9.00. The topological polar surface area (TPSA) is 65.8 Å². The molecule has 0 spiro atoms. The van der Waals surface area contributed by atoms with Gasteiger partial charge in [-0.05, 0) is 20.8 Å². The zero-order valence-corrected chi connectivity index (χ0v) is 9.81. The van der Waals surface area contributed by atoms with Gasteiger partial charge in [0.1, 0.15) is 4.88 Å². The highest BCUT2D eigenvalue weighted by molar-refractivity contribution is 7.13. The summed E-state index contributed by atoms with van der Waals surface area (Å²) in [6, 6.07) is 2.13. The van der Waals surface area contributed by atoms with Crippen molar-refractivity contribution in [2.45, 2.75) is 20.8 Å². The van der Waals surface area contributed by atoms with Crippen LogP contribution in [0.15, 0.2) is 6.20 Å². The van der Waals surface area contributed by atoms with E-state index in [9.17, 15) is 4.79 Å². The predicted molar refractivity (Wildman–Crippen MR) is 58.6 cm³/mol. The van der Waals surface area contributed by atoms with Crippen molar-refractivity contribution in [3.8, 4) is 6.07 Å². The molecule has 4 nitrogen and oxygen atoms in total. The Hall–Kier alpha value is -1.41. The van der Waals surface area contributed by atoms with Gasteiger partial charge in [0.25, 0.3) is 5.91 Å². The van der Waals surface area contributed by atoms with Crippen molar-refractivity contribution in [2.24, 2.45) is 5.41 Å². The quantitative estimate of drug-likeness (QED) is 0.848. The molecule has 0 bridgehead atoms. The van der Waals surface area contributed by atoms with Crippen LogP contribution in [0.25, 0.3) is 0 Å². The van der Waals surface area contributed by atoms with Crippen LogP contribution in [0.2, 0.25) is 0 Å². The third kappa shape index (κ3) is 3.33. The maximum absolute atomic E-state index is 11.6. The van der Waals surface area contributed by atoms with Crippen LogP contribution in [0.5, 0.6) is 0 Å². The van der Waals surface area contributed by atoms with Crippen LogP contribution in [-0.2, 0) is 0 Å². The van der Waals surface area contributed by atoms with E-state index in [1.165, 1.54) is 11.3 Å². The standard InChI is InChI=1S/C10H13N3OS/c1-7-12-4-8(15-7)9(14)13-6-10(2,3)5-11/h4H,6H2,1-3H3,(H,13,14). The van der Waals surface area contributed by atoms with E-state index >= 15 is 0 Å². The molecule has 15 heavy (non-hydrogen) atoms. The fourth-order valence-electron chi connectivity index (χ4n) is 0.894. The number of carbonyl (C=O) groups excluding carboxylic acids is 1. The van der Waals surface area contributed by atoms with Gasteiger partial charge in [-0.2, -0.15) is 5.26 Å². The molecule has 0 saturated heterocycles. The minimum atomic E-state index is -0.532. The molecule has 0 atom stereocenters. The van der Waals surface area contributed by atoms with Crippen LogP contribution < -0.4 is 5.32 Å². The summed E-state index contributed by atoms with van der Waals surface area (Å²) in [5.74, 6) is -0.163. The molecule has 1 N–H and O–H groups in total. The average Bonchev–Trinajstić information content (AvgIpc) is 2.61. The maximum Gasteiger partial charge on any atom is 0.263 e. The number of nitriles is 1. The summed E-state index contributed by atoms with van der Waals surface area (Å²) in [6.45, 7) is 5.76. The van der Waals surface area contributed by atoms with Crippen molar-refractivity contribution in [3.05, 3.63) is 16.1 Å². The number of hydrogen-bond donors (Lipinski definition) is 1. The Morgan fingerprint density at radius 2 is 2.40 bits per heavy atom. The lowest BCUT2D eigenvalue weighted by Crippen LogP contribution is -2.32. The van der Waals surface area contributed by atoms with Gasteiger partial charge in [0.05, 0.1) is 22.7 Å². The molecule has 1 aromatic heterocycles. The SMILES string of the molecule is Cc1ncc(C(=O)NCC(C)(C)C#N)s1. The summed E-state index contributed by atoms with van der Waals surface area (Å²) >= 11 is 1.35. The van der Waals surface area contributed by atoms with E-state index in [1.807, 2.05) is 6.92 Å². The molecular formula is C10H13N3OS. The van der Waals surface area contributed by atoms with Crippen molar-refractivity contribution in [2.75, 3.05) is 6.54 Å². The number of carbonyl (C=O) groups is 1. The lowest BCUT2D eigenvalue weighted by atomic mass is 9.96. The first-order valence-electron chi connectivity index (χ1n) is 4.56. The lowest BCUT2D eigenvalue weighted by molar-refractivity contribution is 0.0947. The van der Waals surface area contributed by atoms with Crippen molar-refractivity contribution >= 4 is 17.2 Å². The highest BCUT2D eigenvalue weighted by Gasteiger charge is 2.18. The van der Waals surface area contributed by atoms with Crippen molar-refractivity contribution < 1.29 is 4.79 Å². The average molecular weight is 223 g/mol. The van der Waals surface area contributed by atoms with Gasteiger partial charge in [0.2, 0.25) is 0 Å². The normalized spacial score (nSPS) is 10.8. The van der Waals surface area contributed by atoms with E-state index in [0.717, 1.165) is 5.01 Å². The van der Waals surface area contributed by atoms with Gasteiger partial charge in [0, 0.05) is 6.54 Å². The number of aromatic nitrogens is 1. The summed E-state index contributed by atoms with van der Waals surface area (Å²) in [6.07, 6.45) is 1.55. The second-order valence-corrected chi connectivity index (χ2v) is 5.16. The summed E-state index contributed by atoms with van der Waals surface area (Å²) < 4.78 is 0. The minimum absolute atomic E-state index is 0.163. The molecule has 1 rings (SSSR count). The van der Waals surface area contributed by atoms with Crippen molar-refractivity contribution in [1.82, 2.24) is 10.3 Å². The number of amides is 1. The zero-order chi connectivity index (χ0) is 11.5. The number of nitrogens with one attached hydrogen (secondary N) is 1. The minimum Gasteiger partial charge on any atom is -0.350 e. The Kier molecular flexibility index (Phi) is 3.43. The van der Waals surface area contributed by atoms with Gasteiger partial charge in [0.15, 0.2) is 0 Å². The molecule has 0 aliphatic heterocycles. The van der Waals surface area contributed by atoms with Gasteiger partial charge >= 0.3 is 0 Å². The third-order valence-electron chi connectivity index (χ3n) is 1.84. The monoisotopic (exact) mass is 223 g/mol. The highest BCUT2D eigenvalue weighted by atomic mass is 32.1. The molecule has 0 aromatic carbocycles. The van der Waals surface area contributed by atoms with Gasteiger partial charge in [-0.3, -0.25) is 4.79 Å². The van der Waals surface area contributed by atoms with E-state index in [0.29, 0.717) is 11.4 Å². The van der Waals surface area contributed by atoms with Crippen molar-refractivity contribution in [3.63, 3.8) is 0 Å². The Morgan fingerprint density at radius 1 is 1.73 bits per heavy atom. The van der Waals surface area contributed by atoms with Crippen LogP contribution >= 0.6 is 11.3 Å². The summed E-state index contributed by atoms with van der Waals surface area (Å²) in [4.78, 5) is 16.1. The molecule has 0 aliphatic rings. The van der Waals surface area contributed by atoms with E-state index in [-0.39, 0.29) is 5.91 Å². The number of hydrogen-bond acceptors (Lipinski definition) is 4. The predicted octanol–water partition coefficient (Wildman–Crippen LogP) is 1.73. The molecule has 0 unspecified atom stereocenters. The fourth-order valence-corrected chi connectivity index (χ4v) is 1.59. The molecule has 0 fully saturated rings. The number of thiazole rings is 1. The number of rotatable bonds is 3. The van der Waals surface area contributed by atoms with Gasteiger partial charge in [-0.1, -0.05) is 0 Å². The smallest absolute Gasteiger partial charge is 0.263 e. The molecule has 1 aromatic rings. The Morgan fingerprint density at radius 3 is 2.87 bits per heavy atom. The molecule has 0 aliphatic carbocycles. The van der Waals surface area contributed by atoms with Gasteiger partial charge < -0.3 is 5.32 Å². The molecule has 0 saturated carbocycles. The first-order chi connectivity index (χ1) is 6.94. The van der Waals surface area contributed by atoms with Crippen LogP contribution in [0.1, 0.15) is 28.5 Å². The first kappa shape index (κ1) is 11.7. The second kappa shape index (κ2) is 4.41. The van der Waals surface area contributed by atoms with Gasteiger partial charge in [-0.15, -0.1) is 11.3 Å². The van der Waals surface area contributed by atoms with Gasteiger partial charge in [-0.25, -0.2) is 4.98 Å². The molecule has 1 amide bonds. The first-order valence-corrected chi connectivity index (χ1v) is 5.38. The largest absolute Gasteiger partial charge is 0.350 e. The van der Waals surface area contributed by atoms with E-state index in [2.05, 4.69) is 16.4 Å². The lowest BCUT2D eigenvalue weighted by Gasteiger charge is -2.14. The maximum atomic E-state index is 11.6.